The topological polar surface area (TPSA) is 89.8 Å². The van der Waals surface area contributed by atoms with E-state index in [1.807, 2.05) is 0 Å². The first kappa shape index (κ1) is 17.3. The molecule has 0 saturated heterocycles. The fourth-order valence-corrected chi connectivity index (χ4v) is 2.46. The summed E-state index contributed by atoms with van der Waals surface area (Å²) in [5.41, 5.74) is 2.09. The van der Waals surface area contributed by atoms with Crippen molar-refractivity contribution in [3.8, 4) is 0 Å². The first-order chi connectivity index (χ1) is 12.5. The van der Waals surface area contributed by atoms with Gasteiger partial charge in [0.2, 0.25) is 5.91 Å². The molecule has 7 heteroatoms. The second-order valence-electron chi connectivity index (χ2n) is 5.73. The fraction of sp³-hybridized carbons (Fsp3) is 0.158. The van der Waals surface area contributed by atoms with Gasteiger partial charge in [0.15, 0.2) is 0 Å². The van der Waals surface area contributed by atoms with E-state index in [-0.39, 0.29) is 24.5 Å². The summed E-state index contributed by atoms with van der Waals surface area (Å²) >= 11 is 0. The van der Waals surface area contributed by atoms with E-state index in [4.69, 9.17) is 4.74 Å². The van der Waals surface area contributed by atoms with Gasteiger partial charge < -0.3 is 10.1 Å². The molecule has 0 fully saturated rings. The average molecular weight is 351 g/mol. The van der Waals surface area contributed by atoms with Gasteiger partial charge in [-0.25, -0.2) is 4.98 Å². The molecule has 0 radical (unpaired) electrons. The number of aromatic nitrogens is 2. The Morgan fingerprint density at radius 1 is 1.15 bits per heavy atom. The maximum atomic E-state index is 12.0. The molecule has 0 aliphatic carbocycles. The molecule has 2 heterocycles. The summed E-state index contributed by atoms with van der Waals surface area (Å²) < 4.78 is 6.63. The molecule has 0 aliphatic heterocycles. The van der Waals surface area contributed by atoms with E-state index in [1.54, 1.807) is 48.7 Å². The number of fused-ring (bicyclic) bond motifs is 1. The molecule has 1 aromatic carbocycles. The van der Waals surface area contributed by atoms with Gasteiger partial charge in [-0.15, -0.1) is 0 Å². The largest absolute Gasteiger partial charge is 0.459 e. The van der Waals surface area contributed by atoms with Crippen molar-refractivity contribution in [2.24, 2.45) is 0 Å². The zero-order valence-electron chi connectivity index (χ0n) is 14.1. The molecule has 26 heavy (non-hydrogen) atoms. The second-order valence-corrected chi connectivity index (χ2v) is 5.73. The molecule has 3 aromatic rings. The van der Waals surface area contributed by atoms with Crippen LogP contribution in [0.5, 0.6) is 0 Å². The number of nitrogens with zero attached hydrogens (tertiary/aromatic N) is 2. The van der Waals surface area contributed by atoms with Crippen LogP contribution in [-0.2, 0) is 27.4 Å². The minimum atomic E-state index is -0.424. The predicted octanol–water partition coefficient (Wildman–Crippen LogP) is 1.94. The monoisotopic (exact) mass is 351 g/mol. The van der Waals surface area contributed by atoms with Crippen molar-refractivity contribution in [3.05, 3.63) is 76.3 Å². The number of amides is 1. The maximum absolute atomic E-state index is 12.0. The van der Waals surface area contributed by atoms with Gasteiger partial charge in [0.05, 0.1) is 12.1 Å². The fourth-order valence-electron chi connectivity index (χ4n) is 2.46. The highest BCUT2D eigenvalue weighted by Gasteiger charge is 2.08. The van der Waals surface area contributed by atoms with Crippen LogP contribution >= 0.6 is 0 Å². The molecular formula is C19H17N3O4. The Bertz CT molecular complexity index is 1010. The molecule has 0 unspecified atom stereocenters. The summed E-state index contributed by atoms with van der Waals surface area (Å²) in [4.78, 5) is 39.3. The summed E-state index contributed by atoms with van der Waals surface area (Å²) in [6, 6.07) is 13.5. The Balaban J connectivity index is 1.60. The zero-order chi connectivity index (χ0) is 18.5. The van der Waals surface area contributed by atoms with E-state index in [2.05, 4.69) is 10.3 Å². The number of esters is 1. The third-order valence-corrected chi connectivity index (χ3v) is 3.63. The molecule has 1 N–H and O–H groups in total. The van der Waals surface area contributed by atoms with Crippen LogP contribution in [0.2, 0.25) is 0 Å². The summed E-state index contributed by atoms with van der Waals surface area (Å²) in [5.74, 6) is -0.580. The lowest BCUT2D eigenvalue weighted by atomic mass is 10.1. The predicted molar refractivity (Wildman–Crippen MR) is 95.7 cm³/mol. The molecule has 0 bridgehead atoms. The van der Waals surface area contributed by atoms with E-state index in [1.165, 1.54) is 17.4 Å². The van der Waals surface area contributed by atoms with E-state index >= 15 is 0 Å². The van der Waals surface area contributed by atoms with Crippen molar-refractivity contribution < 1.29 is 14.3 Å². The molecule has 1 amide bonds. The minimum Gasteiger partial charge on any atom is -0.459 e. The van der Waals surface area contributed by atoms with Gasteiger partial charge in [-0.3, -0.25) is 18.8 Å². The van der Waals surface area contributed by atoms with Crippen molar-refractivity contribution in [2.45, 2.75) is 20.0 Å². The normalized spacial score (nSPS) is 10.5. The molecule has 0 aliphatic rings. The molecule has 0 spiro atoms. The van der Waals surface area contributed by atoms with Crippen LogP contribution in [0.1, 0.15) is 18.2 Å². The number of hydrogen-bond acceptors (Lipinski definition) is 5. The van der Waals surface area contributed by atoms with Crippen molar-refractivity contribution >= 4 is 23.2 Å². The first-order valence-corrected chi connectivity index (χ1v) is 8.01. The van der Waals surface area contributed by atoms with Crippen LogP contribution in [-0.4, -0.2) is 21.3 Å². The Morgan fingerprint density at radius 3 is 2.65 bits per heavy atom. The molecular weight excluding hydrogens is 334 g/mol. The van der Waals surface area contributed by atoms with E-state index in [9.17, 15) is 14.4 Å². The van der Waals surface area contributed by atoms with Gasteiger partial charge in [0, 0.05) is 24.9 Å². The molecule has 3 rings (SSSR count). The van der Waals surface area contributed by atoms with Gasteiger partial charge in [-0.2, -0.15) is 0 Å². The summed E-state index contributed by atoms with van der Waals surface area (Å²) in [5, 5.41) is 2.66. The van der Waals surface area contributed by atoms with Crippen LogP contribution in [0, 0.1) is 0 Å². The van der Waals surface area contributed by atoms with Crippen molar-refractivity contribution in [1.29, 1.82) is 0 Å². The van der Waals surface area contributed by atoms with Crippen molar-refractivity contribution in [3.63, 3.8) is 0 Å². The number of carbonyl (C=O) groups is 2. The van der Waals surface area contributed by atoms with Gasteiger partial charge in [0.1, 0.15) is 12.3 Å². The van der Waals surface area contributed by atoms with Gasteiger partial charge in [-0.1, -0.05) is 18.2 Å². The van der Waals surface area contributed by atoms with Crippen molar-refractivity contribution in [1.82, 2.24) is 9.38 Å². The highest BCUT2D eigenvalue weighted by atomic mass is 16.5. The standard InChI is InChI=1S/C19H17N3O4/c1-13(23)20-15-7-5-14(6-8-15)10-19(25)26-12-16-11-18(24)22-9-3-2-4-17(22)21-16/h2-9,11H,10,12H2,1H3,(H,20,23). The lowest BCUT2D eigenvalue weighted by Gasteiger charge is -2.07. The van der Waals surface area contributed by atoms with E-state index in [0.29, 0.717) is 17.0 Å². The lowest BCUT2D eigenvalue weighted by molar-refractivity contribution is -0.144. The van der Waals surface area contributed by atoms with Gasteiger partial charge in [-0.05, 0) is 29.8 Å². The SMILES string of the molecule is CC(=O)Nc1ccc(CC(=O)OCc2cc(=O)n3ccccc3n2)cc1. The number of ether oxygens (including phenoxy) is 1. The highest BCUT2D eigenvalue weighted by Crippen LogP contribution is 2.11. The summed E-state index contributed by atoms with van der Waals surface area (Å²) in [6.45, 7) is 1.36. The van der Waals surface area contributed by atoms with Gasteiger partial charge in [0.25, 0.3) is 5.56 Å². The number of nitrogens with one attached hydrogen (secondary N) is 1. The van der Waals surface area contributed by atoms with Gasteiger partial charge >= 0.3 is 5.97 Å². The first-order valence-electron chi connectivity index (χ1n) is 8.01. The lowest BCUT2D eigenvalue weighted by Crippen LogP contribution is -2.16. The molecule has 7 nitrogen and oxygen atoms in total. The Hall–Kier alpha value is -3.48. The number of rotatable bonds is 5. The van der Waals surface area contributed by atoms with Crippen molar-refractivity contribution in [2.75, 3.05) is 5.32 Å². The molecule has 2 aromatic heterocycles. The Labute approximate surface area is 149 Å². The number of carbonyl (C=O) groups excluding carboxylic acids is 2. The zero-order valence-corrected chi connectivity index (χ0v) is 14.1. The van der Waals surface area contributed by atoms with Crippen LogP contribution in [0.25, 0.3) is 5.65 Å². The third kappa shape index (κ3) is 4.32. The van der Waals surface area contributed by atoms with E-state index < -0.39 is 5.97 Å². The maximum Gasteiger partial charge on any atom is 0.310 e. The van der Waals surface area contributed by atoms with Crippen LogP contribution < -0.4 is 10.9 Å². The Kier molecular flexibility index (Phi) is 5.07. The minimum absolute atomic E-state index is 0.0660. The third-order valence-electron chi connectivity index (χ3n) is 3.63. The number of pyridine rings is 1. The number of benzene rings is 1. The second kappa shape index (κ2) is 7.60. The molecule has 132 valence electrons. The average Bonchev–Trinajstić information content (AvgIpc) is 2.61. The Morgan fingerprint density at radius 2 is 1.92 bits per heavy atom. The highest BCUT2D eigenvalue weighted by molar-refractivity contribution is 5.88. The molecule has 0 saturated carbocycles. The summed E-state index contributed by atoms with van der Waals surface area (Å²) in [7, 11) is 0. The summed E-state index contributed by atoms with van der Waals surface area (Å²) in [6.07, 6.45) is 1.72. The number of hydrogen-bond donors (Lipinski definition) is 1. The van der Waals surface area contributed by atoms with Crippen LogP contribution in [0.15, 0.2) is 59.5 Å². The van der Waals surface area contributed by atoms with E-state index in [0.717, 1.165) is 5.56 Å². The van der Waals surface area contributed by atoms with Crippen LogP contribution in [0.4, 0.5) is 5.69 Å². The quantitative estimate of drug-likeness (QED) is 0.710. The van der Waals surface area contributed by atoms with Crippen LogP contribution in [0.3, 0.4) is 0 Å². The molecule has 0 atom stereocenters. The number of anilines is 1. The smallest absolute Gasteiger partial charge is 0.310 e.